The maximum Gasteiger partial charge on any atom is 0.488 e. The molecular formula is C12H16BF3NO2. The molecule has 0 spiro atoms. The van der Waals surface area contributed by atoms with Gasteiger partial charge in [-0.05, 0) is 39.8 Å². The van der Waals surface area contributed by atoms with Gasteiger partial charge in [0.25, 0.3) is 0 Å². The zero-order chi connectivity index (χ0) is 14.7. The highest BCUT2D eigenvalue weighted by atomic mass is 19.4. The first kappa shape index (κ1) is 16.0. The lowest BCUT2D eigenvalue weighted by molar-refractivity contribution is -0.141. The molecular weight excluding hydrogens is 258 g/mol. The molecule has 1 fully saturated rings. The fraction of sp³-hybridized carbons (Fsp3) is 0.583. The molecule has 0 saturated carbocycles. The summed E-state index contributed by atoms with van der Waals surface area (Å²) in [7, 11) is 1.42. The smallest absolute Gasteiger partial charge is 0.405 e. The number of aromatic nitrogens is 1. The molecule has 0 N–H and O–H groups in total. The van der Waals surface area contributed by atoms with Crippen LogP contribution in [0.2, 0.25) is 0 Å². The van der Waals surface area contributed by atoms with Gasteiger partial charge in [0.2, 0.25) is 0 Å². The van der Waals surface area contributed by atoms with Crippen LogP contribution in [-0.4, -0.2) is 23.9 Å². The van der Waals surface area contributed by atoms with Crippen LogP contribution in [0.4, 0.5) is 13.2 Å². The van der Waals surface area contributed by atoms with Gasteiger partial charge >= 0.3 is 13.9 Å². The summed E-state index contributed by atoms with van der Waals surface area (Å²) in [5.74, 6) is 0. The van der Waals surface area contributed by atoms with Crippen molar-refractivity contribution in [3.05, 3.63) is 30.1 Å². The molecule has 1 aliphatic rings. The highest BCUT2D eigenvalue weighted by Crippen LogP contribution is 2.33. The summed E-state index contributed by atoms with van der Waals surface area (Å²) in [5, 5.41) is 0. The Kier molecular flexibility index (Phi) is 4.63. The number of hydrogen-bond donors (Lipinski definition) is 0. The highest BCUT2D eigenvalue weighted by Gasteiger charge is 2.44. The molecule has 0 amide bonds. The van der Waals surface area contributed by atoms with Crippen LogP contribution >= 0.6 is 0 Å². The molecule has 0 aromatic carbocycles. The molecule has 0 atom stereocenters. The van der Waals surface area contributed by atoms with Crippen LogP contribution in [0, 0.1) is 0 Å². The van der Waals surface area contributed by atoms with Gasteiger partial charge in [0.15, 0.2) is 0 Å². The molecule has 1 aromatic heterocycles. The van der Waals surface area contributed by atoms with E-state index in [4.69, 9.17) is 9.31 Å². The summed E-state index contributed by atoms with van der Waals surface area (Å²) in [6.45, 7) is 8.04. The Labute approximate surface area is 111 Å². The Morgan fingerprint density at radius 2 is 1.58 bits per heavy atom. The SMILES string of the molecule is CC1(C)O[B]OC1(C)C.FC(F)(F)c1ccccn1. The van der Waals surface area contributed by atoms with Crippen LogP contribution in [-0.2, 0) is 15.5 Å². The predicted octanol–water partition coefficient (Wildman–Crippen LogP) is 3.23. The zero-order valence-electron chi connectivity index (χ0n) is 11.3. The van der Waals surface area contributed by atoms with Crippen molar-refractivity contribution in [3.8, 4) is 0 Å². The molecule has 7 heteroatoms. The van der Waals surface area contributed by atoms with E-state index < -0.39 is 11.9 Å². The minimum absolute atomic E-state index is 0.187. The molecule has 1 aliphatic heterocycles. The van der Waals surface area contributed by atoms with Gasteiger partial charge in [-0.3, -0.25) is 4.98 Å². The highest BCUT2D eigenvalue weighted by molar-refractivity contribution is 6.19. The fourth-order valence-corrected chi connectivity index (χ4v) is 1.08. The van der Waals surface area contributed by atoms with E-state index in [0.29, 0.717) is 0 Å². The summed E-state index contributed by atoms with van der Waals surface area (Å²) in [6, 6.07) is 3.67. The van der Waals surface area contributed by atoms with E-state index in [0.717, 1.165) is 12.3 Å². The Bertz CT molecular complexity index is 393. The van der Waals surface area contributed by atoms with Gasteiger partial charge in [-0.2, -0.15) is 13.2 Å². The summed E-state index contributed by atoms with van der Waals surface area (Å²) in [5.41, 5.74) is -1.23. The van der Waals surface area contributed by atoms with Crippen LogP contribution in [0.1, 0.15) is 33.4 Å². The third-order valence-corrected chi connectivity index (χ3v) is 3.09. The molecule has 19 heavy (non-hydrogen) atoms. The summed E-state index contributed by atoms with van der Waals surface area (Å²) < 4.78 is 45.6. The lowest BCUT2D eigenvalue weighted by Gasteiger charge is -2.32. The van der Waals surface area contributed by atoms with E-state index in [2.05, 4.69) is 4.98 Å². The molecule has 0 unspecified atom stereocenters. The van der Waals surface area contributed by atoms with Crippen molar-refractivity contribution in [2.45, 2.75) is 45.1 Å². The van der Waals surface area contributed by atoms with Gasteiger partial charge in [0.05, 0.1) is 11.2 Å². The van der Waals surface area contributed by atoms with Crippen molar-refractivity contribution in [1.82, 2.24) is 4.98 Å². The van der Waals surface area contributed by atoms with E-state index >= 15 is 0 Å². The number of pyridine rings is 1. The number of halogens is 3. The number of hydrogen-bond acceptors (Lipinski definition) is 3. The number of alkyl halides is 3. The summed E-state index contributed by atoms with van der Waals surface area (Å²) in [6.07, 6.45) is -3.20. The predicted molar refractivity (Wildman–Crippen MR) is 65.3 cm³/mol. The zero-order valence-corrected chi connectivity index (χ0v) is 11.3. The molecule has 2 heterocycles. The van der Waals surface area contributed by atoms with Gasteiger partial charge in [0.1, 0.15) is 5.69 Å². The van der Waals surface area contributed by atoms with Gasteiger partial charge in [0, 0.05) is 6.20 Å². The maximum absolute atomic E-state index is 11.7. The van der Waals surface area contributed by atoms with Crippen LogP contribution in [0.3, 0.4) is 0 Å². The van der Waals surface area contributed by atoms with E-state index in [-0.39, 0.29) is 11.2 Å². The Morgan fingerprint density at radius 3 is 1.79 bits per heavy atom. The molecule has 2 rings (SSSR count). The molecule has 1 saturated heterocycles. The van der Waals surface area contributed by atoms with Crippen LogP contribution < -0.4 is 0 Å². The van der Waals surface area contributed by atoms with E-state index in [1.807, 2.05) is 27.7 Å². The van der Waals surface area contributed by atoms with Gasteiger partial charge in [-0.1, -0.05) is 6.07 Å². The van der Waals surface area contributed by atoms with E-state index in [1.165, 1.54) is 19.8 Å². The maximum atomic E-state index is 11.7. The largest absolute Gasteiger partial charge is 0.488 e. The molecule has 1 aromatic rings. The molecule has 1 radical (unpaired) electrons. The van der Waals surface area contributed by atoms with Crippen LogP contribution in [0.25, 0.3) is 0 Å². The van der Waals surface area contributed by atoms with Crippen LogP contribution in [0.15, 0.2) is 24.4 Å². The monoisotopic (exact) mass is 274 g/mol. The lowest BCUT2D eigenvalue weighted by Crippen LogP contribution is -2.41. The lowest BCUT2D eigenvalue weighted by atomic mass is 9.90. The fourth-order valence-electron chi connectivity index (χ4n) is 1.08. The van der Waals surface area contributed by atoms with E-state index in [9.17, 15) is 13.2 Å². The van der Waals surface area contributed by atoms with Gasteiger partial charge < -0.3 is 9.31 Å². The minimum atomic E-state index is -4.32. The normalized spacial score (nSPS) is 20.2. The van der Waals surface area contributed by atoms with Crippen molar-refractivity contribution in [1.29, 1.82) is 0 Å². The molecule has 0 aliphatic carbocycles. The molecule has 0 bridgehead atoms. The average Bonchev–Trinajstić information content (AvgIpc) is 2.52. The van der Waals surface area contributed by atoms with Crippen molar-refractivity contribution in [2.24, 2.45) is 0 Å². The first-order chi connectivity index (χ1) is 8.56. The van der Waals surface area contributed by atoms with Crippen molar-refractivity contribution in [2.75, 3.05) is 0 Å². The van der Waals surface area contributed by atoms with E-state index in [1.54, 1.807) is 0 Å². The van der Waals surface area contributed by atoms with Gasteiger partial charge in [-0.25, -0.2) is 0 Å². The summed E-state index contributed by atoms with van der Waals surface area (Å²) in [4.78, 5) is 3.12. The third-order valence-electron chi connectivity index (χ3n) is 3.09. The molecule has 3 nitrogen and oxygen atoms in total. The first-order valence-electron chi connectivity index (χ1n) is 5.72. The third kappa shape index (κ3) is 4.21. The van der Waals surface area contributed by atoms with Crippen molar-refractivity contribution < 1.29 is 22.5 Å². The van der Waals surface area contributed by atoms with Crippen molar-refractivity contribution >= 4 is 7.69 Å². The Morgan fingerprint density at radius 1 is 1.05 bits per heavy atom. The molecule has 105 valence electrons. The quantitative estimate of drug-likeness (QED) is 0.680. The first-order valence-corrected chi connectivity index (χ1v) is 5.72. The van der Waals surface area contributed by atoms with Crippen molar-refractivity contribution in [3.63, 3.8) is 0 Å². The second-order valence-electron chi connectivity index (χ2n) is 5.07. The number of nitrogens with zero attached hydrogens (tertiary/aromatic N) is 1. The standard InChI is InChI=1S/C6H12BO2.C6H4F3N/c1-5(2)6(3,4)9-7-8-5;7-6(8,9)5-3-1-2-4-10-5/h1-4H3;1-4H. The van der Waals surface area contributed by atoms with Gasteiger partial charge in [-0.15, -0.1) is 0 Å². The summed E-state index contributed by atoms with van der Waals surface area (Å²) >= 11 is 0. The minimum Gasteiger partial charge on any atom is -0.405 e. The Balaban J connectivity index is 0.000000191. The Hall–Kier alpha value is -1.08. The second kappa shape index (κ2) is 5.50. The average molecular weight is 274 g/mol. The second-order valence-corrected chi connectivity index (χ2v) is 5.07. The number of rotatable bonds is 0. The van der Waals surface area contributed by atoms with Crippen LogP contribution in [0.5, 0.6) is 0 Å². The topological polar surface area (TPSA) is 31.4 Å².